The monoisotopic (exact) mass is 214 g/mol. The molecule has 0 spiro atoms. The van der Waals surface area contributed by atoms with Crippen molar-refractivity contribution < 1.29 is 15.0 Å². The number of carboxylic acids is 1. The molecule has 2 N–H and O–H groups in total. The van der Waals surface area contributed by atoms with Crippen molar-refractivity contribution in [2.45, 2.75) is 58.0 Å². The van der Waals surface area contributed by atoms with Crippen LogP contribution in [0.15, 0.2) is 12.2 Å². The van der Waals surface area contributed by atoms with Crippen molar-refractivity contribution in [3.63, 3.8) is 0 Å². The SMILES string of the molecule is CCCCCC(O)CC=CCCC(=O)O. The lowest BCUT2D eigenvalue weighted by atomic mass is 10.1. The minimum absolute atomic E-state index is 0.169. The summed E-state index contributed by atoms with van der Waals surface area (Å²) in [6.45, 7) is 2.14. The van der Waals surface area contributed by atoms with Crippen LogP contribution in [0.1, 0.15) is 51.9 Å². The number of unbranched alkanes of at least 4 members (excludes halogenated alkanes) is 2. The van der Waals surface area contributed by atoms with Gasteiger partial charge in [0.25, 0.3) is 0 Å². The maximum absolute atomic E-state index is 10.2. The van der Waals surface area contributed by atoms with Gasteiger partial charge in [-0.15, -0.1) is 0 Å². The fourth-order valence-corrected chi connectivity index (χ4v) is 1.33. The van der Waals surface area contributed by atoms with Gasteiger partial charge in [0, 0.05) is 6.42 Å². The molecule has 1 atom stereocenters. The van der Waals surface area contributed by atoms with Gasteiger partial charge >= 0.3 is 5.97 Å². The molecule has 3 heteroatoms. The minimum atomic E-state index is -0.775. The van der Waals surface area contributed by atoms with Crippen molar-refractivity contribution in [3.8, 4) is 0 Å². The largest absolute Gasteiger partial charge is 0.481 e. The topological polar surface area (TPSA) is 57.5 Å². The highest BCUT2D eigenvalue weighted by Crippen LogP contribution is 2.07. The lowest BCUT2D eigenvalue weighted by Gasteiger charge is -2.06. The molecule has 0 heterocycles. The predicted octanol–water partition coefficient (Wildman–Crippen LogP) is 2.74. The van der Waals surface area contributed by atoms with Crippen LogP contribution in [-0.2, 0) is 4.79 Å². The minimum Gasteiger partial charge on any atom is -0.481 e. The lowest BCUT2D eigenvalue weighted by Crippen LogP contribution is -2.04. The molecule has 0 aromatic carbocycles. The zero-order chi connectivity index (χ0) is 11.5. The van der Waals surface area contributed by atoms with E-state index in [4.69, 9.17) is 5.11 Å². The van der Waals surface area contributed by atoms with Crippen LogP contribution < -0.4 is 0 Å². The fraction of sp³-hybridized carbons (Fsp3) is 0.750. The summed E-state index contributed by atoms with van der Waals surface area (Å²) < 4.78 is 0. The van der Waals surface area contributed by atoms with Crippen LogP contribution in [0.5, 0.6) is 0 Å². The van der Waals surface area contributed by atoms with Gasteiger partial charge in [-0.25, -0.2) is 0 Å². The summed E-state index contributed by atoms with van der Waals surface area (Å²) >= 11 is 0. The first kappa shape index (κ1) is 14.2. The molecular weight excluding hydrogens is 192 g/mol. The van der Waals surface area contributed by atoms with Crippen molar-refractivity contribution in [2.24, 2.45) is 0 Å². The van der Waals surface area contributed by atoms with E-state index in [0.29, 0.717) is 12.8 Å². The Labute approximate surface area is 91.8 Å². The van der Waals surface area contributed by atoms with Gasteiger partial charge in [0.05, 0.1) is 6.10 Å². The third-order valence-electron chi connectivity index (χ3n) is 2.24. The Bertz CT molecular complexity index is 187. The summed E-state index contributed by atoms with van der Waals surface area (Å²) in [5.41, 5.74) is 0. The van der Waals surface area contributed by atoms with Gasteiger partial charge in [0.1, 0.15) is 0 Å². The molecule has 0 aliphatic carbocycles. The number of hydrogen-bond acceptors (Lipinski definition) is 2. The van der Waals surface area contributed by atoms with E-state index in [9.17, 15) is 9.90 Å². The molecule has 15 heavy (non-hydrogen) atoms. The van der Waals surface area contributed by atoms with E-state index < -0.39 is 5.97 Å². The quantitative estimate of drug-likeness (QED) is 0.458. The number of allylic oxidation sites excluding steroid dienone is 1. The number of carboxylic acid groups (broad SMARTS) is 1. The lowest BCUT2D eigenvalue weighted by molar-refractivity contribution is -0.136. The molecule has 0 aliphatic heterocycles. The average Bonchev–Trinajstić information content (AvgIpc) is 2.17. The van der Waals surface area contributed by atoms with Crippen molar-refractivity contribution in [1.82, 2.24) is 0 Å². The Hall–Kier alpha value is -0.830. The van der Waals surface area contributed by atoms with Gasteiger partial charge in [0.15, 0.2) is 0 Å². The first-order chi connectivity index (χ1) is 7.16. The molecule has 0 aromatic rings. The Morgan fingerprint density at radius 1 is 1.33 bits per heavy atom. The standard InChI is InChI=1S/C12H22O3/c1-2-3-5-8-11(13)9-6-4-7-10-12(14)15/h4,6,11,13H,2-3,5,7-10H2,1H3,(H,14,15). The molecular formula is C12H22O3. The van der Waals surface area contributed by atoms with Crippen molar-refractivity contribution >= 4 is 5.97 Å². The summed E-state index contributed by atoms with van der Waals surface area (Å²) in [6, 6.07) is 0. The second-order valence-electron chi connectivity index (χ2n) is 3.79. The van der Waals surface area contributed by atoms with E-state index in [2.05, 4.69) is 6.92 Å². The summed E-state index contributed by atoms with van der Waals surface area (Å²) in [5.74, 6) is -0.775. The van der Waals surface area contributed by atoms with Gasteiger partial charge in [-0.2, -0.15) is 0 Å². The van der Waals surface area contributed by atoms with Gasteiger partial charge in [-0.3, -0.25) is 4.79 Å². The van der Waals surface area contributed by atoms with Crippen LogP contribution in [0.25, 0.3) is 0 Å². The second kappa shape index (κ2) is 9.71. The fourth-order valence-electron chi connectivity index (χ4n) is 1.33. The number of aliphatic hydroxyl groups is 1. The Morgan fingerprint density at radius 3 is 2.67 bits per heavy atom. The molecule has 0 bridgehead atoms. The van der Waals surface area contributed by atoms with Crippen molar-refractivity contribution in [1.29, 1.82) is 0 Å². The molecule has 3 nitrogen and oxygen atoms in total. The molecule has 1 unspecified atom stereocenters. The molecule has 0 fully saturated rings. The molecule has 0 aromatic heterocycles. The van der Waals surface area contributed by atoms with Crippen molar-refractivity contribution in [2.75, 3.05) is 0 Å². The molecule has 88 valence electrons. The van der Waals surface area contributed by atoms with E-state index >= 15 is 0 Å². The van der Waals surface area contributed by atoms with Crippen LogP contribution in [0.4, 0.5) is 0 Å². The van der Waals surface area contributed by atoms with E-state index in [-0.39, 0.29) is 12.5 Å². The number of aliphatic hydroxyl groups excluding tert-OH is 1. The van der Waals surface area contributed by atoms with Crippen LogP contribution in [0.3, 0.4) is 0 Å². The smallest absolute Gasteiger partial charge is 0.303 e. The zero-order valence-corrected chi connectivity index (χ0v) is 9.48. The van der Waals surface area contributed by atoms with Crippen LogP contribution >= 0.6 is 0 Å². The molecule has 0 saturated heterocycles. The highest BCUT2D eigenvalue weighted by Gasteiger charge is 2.00. The third kappa shape index (κ3) is 11.1. The summed E-state index contributed by atoms with van der Waals surface area (Å²) in [6.07, 6.45) is 9.05. The zero-order valence-electron chi connectivity index (χ0n) is 9.48. The second-order valence-corrected chi connectivity index (χ2v) is 3.79. The number of hydrogen-bond donors (Lipinski definition) is 2. The molecule has 0 rings (SSSR count). The van der Waals surface area contributed by atoms with E-state index in [1.165, 1.54) is 12.8 Å². The molecule has 0 amide bonds. The van der Waals surface area contributed by atoms with Gasteiger partial charge in [0.2, 0.25) is 0 Å². The maximum atomic E-state index is 10.2. The number of carbonyl (C=O) groups is 1. The van der Waals surface area contributed by atoms with E-state index in [0.717, 1.165) is 12.8 Å². The van der Waals surface area contributed by atoms with Crippen LogP contribution in [0, 0.1) is 0 Å². The van der Waals surface area contributed by atoms with Crippen LogP contribution in [0.2, 0.25) is 0 Å². The van der Waals surface area contributed by atoms with E-state index in [1.807, 2.05) is 12.2 Å². The highest BCUT2D eigenvalue weighted by atomic mass is 16.4. The summed E-state index contributed by atoms with van der Waals surface area (Å²) in [5, 5.41) is 17.9. The Balaban J connectivity index is 3.36. The third-order valence-corrected chi connectivity index (χ3v) is 2.24. The van der Waals surface area contributed by atoms with Gasteiger partial charge in [-0.1, -0.05) is 38.3 Å². The van der Waals surface area contributed by atoms with Gasteiger partial charge in [-0.05, 0) is 19.3 Å². The molecule has 0 aliphatic rings. The number of aliphatic carboxylic acids is 1. The summed E-state index contributed by atoms with van der Waals surface area (Å²) in [4.78, 5) is 10.2. The number of rotatable bonds is 9. The Morgan fingerprint density at radius 2 is 2.07 bits per heavy atom. The molecule has 0 radical (unpaired) electrons. The first-order valence-electron chi connectivity index (χ1n) is 5.71. The Kier molecular flexibility index (Phi) is 9.18. The normalized spacial score (nSPS) is 13.2. The summed E-state index contributed by atoms with van der Waals surface area (Å²) in [7, 11) is 0. The first-order valence-corrected chi connectivity index (χ1v) is 5.71. The van der Waals surface area contributed by atoms with E-state index in [1.54, 1.807) is 0 Å². The van der Waals surface area contributed by atoms with Crippen molar-refractivity contribution in [3.05, 3.63) is 12.2 Å². The average molecular weight is 214 g/mol. The van der Waals surface area contributed by atoms with Gasteiger partial charge < -0.3 is 10.2 Å². The van der Waals surface area contributed by atoms with Crippen LogP contribution in [-0.4, -0.2) is 22.3 Å². The maximum Gasteiger partial charge on any atom is 0.303 e. The molecule has 0 saturated carbocycles. The highest BCUT2D eigenvalue weighted by molar-refractivity contribution is 5.66. The predicted molar refractivity (Wildman–Crippen MR) is 60.8 cm³/mol.